The smallest absolute Gasteiger partial charge is 0.297 e. The highest BCUT2D eigenvalue weighted by Gasteiger charge is 1.98. The molecule has 0 radical (unpaired) electrons. The molecule has 0 aliphatic heterocycles. The van der Waals surface area contributed by atoms with Gasteiger partial charge in [0.15, 0.2) is 0 Å². The van der Waals surface area contributed by atoms with Crippen LogP contribution in [-0.4, -0.2) is 25.4 Å². The Morgan fingerprint density at radius 2 is 1.81 bits per heavy atom. The van der Waals surface area contributed by atoms with Gasteiger partial charge < -0.3 is 9.50 Å². The monoisotopic (exact) mass is 246 g/mol. The SMILES string of the molecule is CCCCCN=C(NCCCCC)OSC. The van der Waals surface area contributed by atoms with Crippen LogP contribution in [0.4, 0.5) is 0 Å². The maximum Gasteiger partial charge on any atom is 0.297 e. The van der Waals surface area contributed by atoms with Gasteiger partial charge in [0.25, 0.3) is 6.02 Å². The molecule has 16 heavy (non-hydrogen) atoms. The van der Waals surface area contributed by atoms with Gasteiger partial charge in [-0.25, -0.2) is 4.99 Å². The third-order valence-electron chi connectivity index (χ3n) is 2.24. The minimum absolute atomic E-state index is 0.694. The summed E-state index contributed by atoms with van der Waals surface area (Å²) in [6.45, 7) is 6.23. The molecule has 0 fully saturated rings. The molecule has 0 bridgehead atoms. The first-order chi connectivity index (χ1) is 7.85. The summed E-state index contributed by atoms with van der Waals surface area (Å²) in [5, 5.41) is 3.24. The third kappa shape index (κ3) is 10.1. The topological polar surface area (TPSA) is 33.6 Å². The molecule has 4 heteroatoms. The van der Waals surface area contributed by atoms with Crippen molar-refractivity contribution in [1.82, 2.24) is 5.32 Å². The van der Waals surface area contributed by atoms with Gasteiger partial charge in [-0.1, -0.05) is 39.5 Å². The van der Waals surface area contributed by atoms with Crippen molar-refractivity contribution in [2.24, 2.45) is 4.99 Å². The minimum Gasteiger partial charge on any atom is -0.391 e. The van der Waals surface area contributed by atoms with E-state index in [4.69, 9.17) is 4.18 Å². The lowest BCUT2D eigenvalue weighted by atomic mass is 10.2. The Labute approximate surface area is 105 Å². The Balaban J connectivity index is 3.67. The van der Waals surface area contributed by atoms with E-state index in [9.17, 15) is 0 Å². The van der Waals surface area contributed by atoms with Crippen molar-refractivity contribution >= 4 is 18.1 Å². The van der Waals surface area contributed by atoms with Crippen LogP contribution in [0.3, 0.4) is 0 Å². The van der Waals surface area contributed by atoms with Gasteiger partial charge in [-0.05, 0) is 12.8 Å². The van der Waals surface area contributed by atoms with Crippen LogP contribution in [-0.2, 0) is 4.18 Å². The van der Waals surface area contributed by atoms with E-state index in [1.165, 1.54) is 44.1 Å². The van der Waals surface area contributed by atoms with E-state index in [0.29, 0.717) is 6.02 Å². The van der Waals surface area contributed by atoms with E-state index in [-0.39, 0.29) is 0 Å². The maximum absolute atomic E-state index is 5.36. The normalized spacial score (nSPS) is 11.6. The van der Waals surface area contributed by atoms with Crippen LogP contribution < -0.4 is 5.32 Å². The van der Waals surface area contributed by atoms with E-state index in [1.54, 1.807) is 0 Å². The van der Waals surface area contributed by atoms with E-state index in [2.05, 4.69) is 24.2 Å². The van der Waals surface area contributed by atoms with Crippen molar-refractivity contribution in [3.05, 3.63) is 0 Å². The van der Waals surface area contributed by atoms with E-state index >= 15 is 0 Å². The van der Waals surface area contributed by atoms with Crippen LogP contribution in [0.5, 0.6) is 0 Å². The molecule has 0 saturated carbocycles. The number of unbranched alkanes of at least 4 members (excludes halogenated alkanes) is 4. The zero-order chi connectivity index (χ0) is 12.1. The Bertz CT molecular complexity index is 174. The Hall–Kier alpha value is -0.380. The molecule has 0 saturated heterocycles. The molecule has 96 valence electrons. The Morgan fingerprint density at radius 3 is 2.44 bits per heavy atom. The van der Waals surface area contributed by atoms with E-state index in [1.807, 2.05) is 6.26 Å². The molecule has 0 aliphatic carbocycles. The lowest BCUT2D eigenvalue weighted by Gasteiger charge is -2.08. The van der Waals surface area contributed by atoms with Crippen molar-refractivity contribution < 1.29 is 4.18 Å². The molecule has 0 spiro atoms. The largest absolute Gasteiger partial charge is 0.391 e. The summed E-state index contributed by atoms with van der Waals surface area (Å²) in [5.74, 6) is 0. The van der Waals surface area contributed by atoms with Gasteiger partial charge in [-0.2, -0.15) is 0 Å². The fourth-order valence-corrected chi connectivity index (χ4v) is 1.57. The lowest BCUT2D eigenvalue weighted by molar-refractivity contribution is 0.571. The molecule has 0 unspecified atom stereocenters. The van der Waals surface area contributed by atoms with Crippen molar-refractivity contribution in [3.63, 3.8) is 0 Å². The summed E-state index contributed by atoms with van der Waals surface area (Å²) in [6, 6.07) is 0.694. The molecule has 0 aromatic rings. The highest BCUT2D eigenvalue weighted by Crippen LogP contribution is 1.99. The first kappa shape index (κ1) is 15.6. The average molecular weight is 246 g/mol. The second kappa shape index (κ2) is 12.7. The number of aliphatic imine (C=N–C) groups is 1. The van der Waals surface area contributed by atoms with Gasteiger partial charge in [0.1, 0.15) is 0 Å². The number of nitrogens with one attached hydrogen (secondary N) is 1. The Morgan fingerprint density at radius 1 is 1.12 bits per heavy atom. The second-order valence-electron chi connectivity index (χ2n) is 3.78. The standard InChI is InChI=1S/C12H26N2OS/c1-4-6-8-10-13-12(15-16-3)14-11-9-7-5-2/h4-11H2,1-3H3,(H,13,14). The number of rotatable bonds is 9. The Kier molecular flexibility index (Phi) is 12.4. The molecular weight excluding hydrogens is 220 g/mol. The van der Waals surface area contributed by atoms with Gasteiger partial charge in [-0.3, -0.25) is 0 Å². The third-order valence-corrected chi connectivity index (χ3v) is 2.56. The highest BCUT2D eigenvalue weighted by molar-refractivity contribution is 7.94. The minimum atomic E-state index is 0.694. The molecule has 0 aromatic carbocycles. The second-order valence-corrected chi connectivity index (χ2v) is 4.28. The van der Waals surface area contributed by atoms with Crippen LogP contribution >= 0.6 is 12.0 Å². The van der Waals surface area contributed by atoms with Gasteiger partial charge in [-0.15, -0.1) is 0 Å². The van der Waals surface area contributed by atoms with E-state index in [0.717, 1.165) is 19.5 Å². The van der Waals surface area contributed by atoms with Crippen LogP contribution in [0.1, 0.15) is 52.4 Å². The molecule has 0 aromatic heterocycles. The zero-order valence-corrected chi connectivity index (χ0v) is 11.7. The van der Waals surface area contributed by atoms with Crippen LogP contribution in [0, 0.1) is 0 Å². The van der Waals surface area contributed by atoms with Crippen molar-refractivity contribution in [3.8, 4) is 0 Å². The molecule has 0 heterocycles. The number of nitrogens with zero attached hydrogens (tertiary/aromatic N) is 1. The lowest BCUT2D eigenvalue weighted by Crippen LogP contribution is -2.25. The maximum atomic E-state index is 5.36. The highest BCUT2D eigenvalue weighted by atomic mass is 32.2. The molecule has 0 rings (SSSR count). The molecule has 1 N–H and O–H groups in total. The zero-order valence-electron chi connectivity index (χ0n) is 10.9. The average Bonchev–Trinajstić information content (AvgIpc) is 2.30. The fraction of sp³-hybridized carbons (Fsp3) is 0.917. The van der Waals surface area contributed by atoms with Crippen LogP contribution in [0.25, 0.3) is 0 Å². The quantitative estimate of drug-likeness (QED) is 0.292. The number of hydrogen-bond donors (Lipinski definition) is 1. The molecule has 0 atom stereocenters. The van der Waals surface area contributed by atoms with Gasteiger partial charge in [0.2, 0.25) is 0 Å². The van der Waals surface area contributed by atoms with Crippen LogP contribution in [0.15, 0.2) is 4.99 Å². The van der Waals surface area contributed by atoms with Gasteiger partial charge in [0, 0.05) is 19.3 Å². The van der Waals surface area contributed by atoms with Crippen molar-refractivity contribution in [2.45, 2.75) is 52.4 Å². The summed E-state index contributed by atoms with van der Waals surface area (Å²) in [7, 11) is 0. The summed E-state index contributed by atoms with van der Waals surface area (Å²) in [6.07, 6.45) is 9.22. The molecular formula is C12H26N2OS. The fourth-order valence-electron chi connectivity index (χ4n) is 1.30. The van der Waals surface area contributed by atoms with Crippen molar-refractivity contribution in [1.29, 1.82) is 0 Å². The molecule has 3 nitrogen and oxygen atoms in total. The first-order valence-electron chi connectivity index (χ1n) is 6.34. The summed E-state index contributed by atoms with van der Waals surface area (Å²) in [5.41, 5.74) is 0. The van der Waals surface area contributed by atoms with Crippen molar-refractivity contribution in [2.75, 3.05) is 19.3 Å². The summed E-state index contributed by atoms with van der Waals surface area (Å²) < 4.78 is 5.36. The number of hydrogen-bond acceptors (Lipinski definition) is 3. The summed E-state index contributed by atoms with van der Waals surface area (Å²) in [4.78, 5) is 4.41. The summed E-state index contributed by atoms with van der Waals surface area (Å²) >= 11 is 1.34. The molecule has 0 amide bonds. The van der Waals surface area contributed by atoms with Gasteiger partial charge >= 0.3 is 0 Å². The van der Waals surface area contributed by atoms with Crippen LogP contribution in [0.2, 0.25) is 0 Å². The predicted octanol–water partition coefficient (Wildman–Crippen LogP) is 3.61. The number of amidine groups is 1. The van der Waals surface area contributed by atoms with Gasteiger partial charge in [0.05, 0.1) is 12.0 Å². The predicted molar refractivity (Wildman–Crippen MR) is 74.0 cm³/mol. The van der Waals surface area contributed by atoms with E-state index < -0.39 is 0 Å². The molecule has 0 aliphatic rings. The first-order valence-corrected chi connectivity index (χ1v) is 7.49.